The van der Waals surface area contributed by atoms with Crippen LogP contribution in [0.15, 0.2) is 78.0 Å². The summed E-state index contributed by atoms with van der Waals surface area (Å²) >= 11 is 1.70. The molecule has 1 aromatic heterocycles. The maximum Gasteiger partial charge on any atom is 0.116 e. The molecule has 0 radical (unpaired) electrons. The van der Waals surface area contributed by atoms with E-state index in [-0.39, 0.29) is 0 Å². The summed E-state index contributed by atoms with van der Waals surface area (Å²) in [5.41, 5.74) is 8.78. The van der Waals surface area contributed by atoms with Crippen molar-refractivity contribution in [2.75, 3.05) is 11.7 Å². The Balaban J connectivity index is 1.73. The highest BCUT2D eigenvalue weighted by molar-refractivity contribution is 7.98. The number of nitrogens with zero attached hydrogens (tertiary/aromatic N) is 3. The van der Waals surface area contributed by atoms with Crippen LogP contribution in [0.2, 0.25) is 0 Å². The molecule has 0 atom stereocenters. The molecule has 0 saturated carbocycles. The predicted octanol–water partition coefficient (Wildman–Crippen LogP) is 5.17. The van der Waals surface area contributed by atoms with Gasteiger partial charge in [-0.05, 0) is 54.3 Å². The number of rotatable bonds is 4. The SMILES string of the molecule is CSc1ccc(-c2cc(Nn3cnc4ccccc43)ccc2C#N)cc1. The zero-order valence-corrected chi connectivity index (χ0v) is 15.0. The Bertz CT molecular complexity index is 1110. The fourth-order valence-electron chi connectivity index (χ4n) is 2.91. The van der Waals surface area contributed by atoms with Gasteiger partial charge in [-0.3, -0.25) is 5.43 Å². The third-order valence-corrected chi connectivity index (χ3v) is 4.99. The van der Waals surface area contributed by atoms with Crippen molar-refractivity contribution in [3.8, 4) is 17.2 Å². The molecule has 1 N–H and O–H groups in total. The molecule has 4 aromatic rings. The number of nitrogens with one attached hydrogen (secondary N) is 1. The first-order valence-electron chi connectivity index (χ1n) is 8.16. The lowest BCUT2D eigenvalue weighted by atomic mass is 10.00. The maximum absolute atomic E-state index is 9.48. The highest BCUT2D eigenvalue weighted by atomic mass is 32.2. The summed E-state index contributed by atoms with van der Waals surface area (Å²) in [5.74, 6) is 0. The van der Waals surface area contributed by atoms with Crippen molar-refractivity contribution in [1.29, 1.82) is 5.26 Å². The van der Waals surface area contributed by atoms with Gasteiger partial charge < -0.3 is 0 Å². The fourth-order valence-corrected chi connectivity index (χ4v) is 3.32. The zero-order chi connectivity index (χ0) is 17.9. The molecular weight excluding hydrogens is 340 g/mol. The Kier molecular flexibility index (Phi) is 4.34. The van der Waals surface area contributed by atoms with Gasteiger partial charge in [-0.15, -0.1) is 11.8 Å². The van der Waals surface area contributed by atoms with Gasteiger partial charge in [0.05, 0.1) is 28.4 Å². The van der Waals surface area contributed by atoms with Gasteiger partial charge >= 0.3 is 0 Å². The molecule has 0 bridgehead atoms. The molecular formula is C21H16N4S. The van der Waals surface area contributed by atoms with Crippen LogP contribution in [-0.4, -0.2) is 15.9 Å². The summed E-state index contributed by atoms with van der Waals surface area (Å²) in [6.07, 6.45) is 3.81. The van der Waals surface area contributed by atoms with E-state index in [1.807, 2.05) is 47.1 Å². The number of benzene rings is 3. The first-order valence-corrected chi connectivity index (χ1v) is 9.38. The number of para-hydroxylation sites is 2. The molecule has 0 spiro atoms. The number of fused-ring (bicyclic) bond motifs is 1. The summed E-state index contributed by atoms with van der Waals surface area (Å²) in [6.45, 7) is 0. The topological polar surface area (TPSA) is 53.6 Å². The fraction of sp³-hybridized carbons (Fsp3) is 0.0476. The van der Waals surface area contributed by atoms with E-state index in [2.05, 4.69) is 47.0 Å². The molecule has 0 amide bonds. The smallest absolute Gasteiger partial charge is 0.116 e. The Morgan fingerprint density at radius 3 is 2.62 bits per heavy atom. The number of hydrogen-bond acceptors (Lipinski definition) is 4. The third kappa shape index (κ3) is 3.03. The van der Waals surface area contributed by atoms with Crippen LogP contribution in [0.25, 0.3) is 22.2 Å². The van der Waals surface area contributed by atoms with E-state index in [1.54, 1.807) is 18.1 Å². The highest BCUT2D eigenvalue weighted by Gasteiger charge is 2.08. The van der Waals surface area contributed by atoms with Crippen LogP contribution in [0, 0.1) is 11.3 Å². The van der Waals surface area contributed by atoms with Gasteiger partial charge in [0.2, 0.25) is 0 Å². The van der Waals surface area contributed by atoms with Crippen molar-refractivity contribution in [2.45, 2.75) is 4.90 Å². The second kappa shape index (κ2) is 6.95. The lowest BCUT2D eigenvalue weighted by Gasteiger charge is -2.12. The van der Waals surface area contributed by atoms with Crippen molar-refractivity contribution < 1.29 is 0 Å². The molecule has 0 aliphatic rings. The summed E-state index contributed by atoms with van der Waals surface area (Å²) in [7, 11) is 0. The molecule has 5 heteroatoms. The van der Waals surface area contributed by atoms with Crippen molar-refractivity contribution in [2.24, 2.45) is 0 Å². The first-order chi connectivity index (χ1) is 12.8. The van der Waals surface area contributed by atoms with Gasteiger partial charge in [0.15, 0.2) is 0 Å². The van der Waals surface area contributed by atoms with Gasteiger partial charge in [0, 0.05) is 10.5 Å². The Morgan fingerprint density at radius 2 is 1.85 bits per heavy atom. The highest BCUT2D eigenvalue weighted by Crippen LogP contribution is 2.29. The molecule has 0 aliphatic carbocycles. The van der Waals surface area contributed by atoms with Crippen LogP contribution >= 0.6 is 11.8 Å². The van der Waals surface area contributed by atoms with E-state index in [0.717, 1.165) is 27.8 Å². The molecule has 3 aromatic carbocycles. The molecule has 0 aliphatic heterocycles. The average Bonchev–Trinajstić information content (AvgIpc) is 3.11. The van der Waals surface area contributed by atoms with Gasteiger partial charge in [-0.2, -0.15) is 5.26 Å². The minimum Gasteiger partial charge on any atom is -0.293 e. The van der Waals surface area contributed by atoms with Crippen LogP contribution in [0.4, 0.5) is 5.69 Å². The quantitative estimate of drug-likeness (QED) is 0.512. The molecule has 126 valence electrons. The van der Waals surface area contributed by atoms with Crippen LogP contribution < -0.4 is 5.43 Å². The minimum absolute atomic E-state index is 0.656. The number of aromatic nitrogens is 2. The monoisotopic (exact) mass is 356 g/mol. The Labute approximate surface area is 156 Å². The number of nitriles is 1. The first kappa shape index (κ1) is 16.2. The second-order valence-corrected chi connectivity index (χ2v) is 6.70. The van der Waals surface area contributed by atoms with E-state index in [0.29, 0.717) is 5.56 Å². The largest absolute Gasteiger partial charge is 0.293 e. The van der Waals surface area contributed by atoms with Crippen LogP contribution in [0.1, 0.15) is 5.56 Å². The summed E-state index contributed by atoms with van der Waals surface area (Å²) in [6, 6.07) is 24.2. The number of hydrogen-bond donors (Lipinski definition) is 1. The normalized spacial score (nSPS) is 10.6. The lowest BCUT2D eigenvalue weighted by Crippen LogP contribution is -2.07. The average molecular weight is 356 g/mol. The Morgan fingerprint density at radius 1 is 1.04 bits per heavy atom. The second-order valence-electron chi connectivity index (χ2n) is 5.82. The maximum atomic E-state index is 9.48. The third-order valence-electron chi connectivity index (χ3n) is 4.24. The molecule has 4 nitrogen and oxygen atoms in total. The van der Waals surface area contributed by atoms with Gasteiger partial charge in [0.25, 0.3) is 0 Å². The van der Waals surface area contributed by atoms with Gasteiger partial charge in [0.1, 0.15) is 6.33 Å². The standard InChI is InChI=1S/C21H16N4S/c1-26-18-10-7-15(8-11-18)19-12-17(9-6-16(19)13-22)24-25-14-23-20-4-2-3-5-21(20)25/h2-12,14,24H,1H3. The van der Waals surface area contributed by atoms with Crippen molar-refractivity contribution in [1.82, 2.24) is 9.66 Å². The van der Waals surface area contributed by atoms with Crippen LogP contribution in [0.5, 0.6) is 0 Å². The van der Waals surface area contributed by atoms with E-state index in [9.17, 15) is 5.26 Å². The van der Waals surface area contributed by atoms with Gasteiger partial charge in [-0.25, -0.2) is 9.66 Å². The van der Waals surface area contributed by atoms with Crippen LogP contribution in [0.3, 0.4) is 0 Å². The lowest BCUT2D eigenvalue weighted by molar-refractivity contribution is 0.989. The van der Waals surface area contributed by atoms with E-state index < -0.39 is 0 Å². The number of anilines is 1. The summed E-state index contributed by atoms with van der Waals surface area (Å²) < 4.78 is 1.89. The van der Waals surface area contributed by atoms with E-state index >= 15 is 0 Å². The van der Waals surface area contributed by atoms with Gasteiger partial charge in [-0.1, -0.05) is 24.3 Å². The van der Waals surface area contributed by atoms with Crippen LogP contribution in [-0.2, 0) is 0 Å². The number of imidazole rings is 1. The number of thioether (sulfide) groups is 1. The summed E-state index contributed by atoms with van der Waals surface area (Å²) in [4.78, 5) is 5.59. The molecule has 0 unspecified atom stereocenters. The summed E-state index contributed by atoms with van der Waals surface area (Å²) in [5, 5.41) is 9.48. The zero-order valence-electron chi connectivity index (χ0n) is 14.2. The molecule has 0 fully saturated rings. The van der Waals surface area contributed by atoms with Crippen molar-refractivity contribution in [3.05, 3.63) is 78.6 Å². The predicted molar refractivity (Wildman–Crippen MR) is 107 cm³/mol. The van der Waals surface area contributed by atoms with E-state index in [4.69, 9.17) is 0 Å². The van der Waals surface area contributed by atoms with Crippen molar-refractivity contribution >= 4 is 28.5 Å². The van der Waals surface area contributed by atoms with Crippen molar-refractivity contribution in [3.63, 3.8) is 0 Å². The molecule has 4 rings (SSSR count). The Hall–Kier alpha value is -3.23. The van der Waals surface area contributed by atoms with E-state index in [1.165, 1.54) is 4.90 Å². The molecule has 1 heterocycles. The minimum atomic E-state index is 0.656. The molecule has 0 saturated heterocycles. The molecule has 26 heavy (non-hydrogen) atoms.